The van der Waals surface area contributed by atoms with E-state index in [0.717, 1.165) is 21.8 Å². The van der Waals surface area contributed by atoms with Crippen molar-refractivity contribution < 1.29 is 14.0 Å². The Hall–Kier alpha value is -3.30. The Kier molecular flexibility index (Phi) is 3.48. The van der Waals surface area contributed by atoms with Gasteiger partial charge in [0.1, 0.15) is 11.4 Å². The van der Waals surface area contributed by atoms with Crippen molar-refractivity contribution in [2.24, 2.45) is 0 Å². The molecule has 0 aliphatic rings. The molecule has 0 aliphatic carbocycles. The third kappa shape index (κ3) is 2.50. The summed E-state index contributed by atoms with van der Waals surface area (Å²) in [6.07, 6.45) is 5.52. The second-order valence-corrected chi connectivity index (χ2v) is 4.61. The predicted molar refractivity (Wildman–Crippen MR) is 77.7 cm³/mol. The van der Waals surface area contributed by atoms with Crippen LogP contribution in [0.4, 0.5) is 10.2 Å². The molecule has 2 N–H and O–H groups in total. The number of hydrogen-bond donors (Lipinski definition) is 1. The summed E-state index contributed by atoms with van der Waals surface area (Å²) in [7, 11) is 0. The molecule has 118 valence electrons. The molecule has 3 aromatic rings. The first-order valence-corrected chi connectivity index (χ1v) is 6.58. The summed E-state index contributed by atoms with van der Waals surface area (Å²) in [6.45, 7) is 3.52. The van der Waals surface area contributed by atoms with Crippen molar-refractivity contribution in [1.82, 2.24) is 29.8 Å². The lowest BCUT2D eigenvalue weighted by atomic mass is 10.3. The van der Waals surface area contributed by atoms with E-state index in [2.05, 4.69) is 20.4 Å². The van der Waals surface area contributed by atoms with Gasteiger partial charge in [-0.2, -0.15) is 0 Å². The second kappa shape index (κ2) is 5.48. The molecule has 0 saturated heterocycles. The van der Waals surface area contributed by atoms with Gasteiger partial charge in [0.05, 0.1) is 12.4 Å². The minimum absolute atomic E-state index is 0.0764. The molecular weight excluding hydrogens is 305 g/mol. The number of halogens is 1. The number of hydrogen-bond acceptors (Lipinski definition) is 7. The fraction of sp³-hybridized carbons (Fsp3) is 0.154. The topological polar surface area (TPSA) is 113 Å². The first kappa shape index (κ1) is 14.6. The summed E-state index contributed by atoms with van der Waals surface area (Å²) >= 11 is 0. The van der Waals surface area contributed by atoms with E-state index in [1.54, 1.807) is 19.1 Å². The van der Waals surface area contributed by atoms with Crippen molar-refractivity contribution in [2.45, 2.75) is 13.8 Å². The van der Waals surface area contributed by atoms with Crippen LogP contribution in [-0.2, 0) is 0 Å². The summed E-state index contributed by atoms with van der Waals surface area (Å²) < 4.78 is 14.2. The molecule has 0 aliphatic heterocycles. The summed E-state index contributed by atoms with van der Waals surface area (Å²) in [4.78, 5) is 22.2. The maximum absolute atomic E-state index is 13.1. The van der Waals surface area contributed by atoms with Crippen LogP contribution in [0.3, 0.4) is 0 Å². The van der Waals surface area contributed by atoms with E-state index in [4.69, 9.17) is 10.6 Å². The lowest BCUT2D eigenvalue weighted by molar-refractivity contribution is 0.0374. The van der Waals surface area contributed by atoms with Crippen LogP contribution in [0.15, 0.2) is 18.5 Å². The highest BCUT2D eigenvalue weighted by Crippen LogP contribution is 2.17. The quantitative estimate of drug-likeness (QED) is 0.706. The number of nitrogens with two attached hydrogens (primary N) is 1. The number of nitrogens with zero attached hydrogens (tertiary/aromatic N) is 6. The highest BCUT2D eigenvalue weighted by atomic mass is 19.1. The van der Waals surface area contributed by atoms with E-state index in [1.807, 2.05) is 6.92 Å². The van der Waals surface area contributed by atoms with Crippen molar-refractivity contribution in [1.29, 1.82) is 0 Å². The predicted octanol–water partition coefficient (Wildman–Crippen LogP) is 0.653. The molecule has 9 nitrogen and oxygen atoms in total. The molecule has 3 rings (SSSR count). The van der Waals surface area contributed by atoms with Crippen molar-refractivity contribution in [2.75, 3.05) is 5.73 Å². The van der Waals surface area contributed by atoms with Gasteiger partial charge in [-0.15, -0.1) is 10.2 Å². The third-order valence-corrected chi connectivity index (χ3v) is 3.06. The maximum atomic E-state index is 13.1. The highest BCUT2D eigenvalue weighted by molar-refractivity contribution is 6.00. The van der Waals surface area contributed by atoms with Crippen LogP contribution in [-0.4, -0.2) is 35.7 Å². The van der Waals surface area contributed by atoms with E-state index < -0.39 is 11.8 Å². The largest absolute Gasteiger partial charge is 0.381 e. The first-order valence-electron chi connectivity index (χ1n) is 6.58. The number of fused-ring (bicyclic) bond motifs is 1. The second-order valence-electron chi connectivity index (χ2n) is 4.61. The molecular formula is C13H12FN7O2. The number of carbonyl (C=O) groups is 1. The molecule has 0 atom stereocenters. The van der Waals surface area contributed by atoms with Crippen LogP contribution in [0.2, 0.25) is 0 Å². The Labute approximate surface area is 129 Å². The molecule has 0 spiro atoms. The normalized spacial score (nSPS) is 11.4. The Balaban J connectivity index is 1.97. The van der Waals surface area contributed by atoms with Crippen LogP contribution in [0.25, 0.3) is 11.7 Å². The maximum Gasteiger partial charge on any atom is 0.373 e. The number of nitrogen functional groups attached to an aromatic ring is 1. The number of carbonyl (C=O) groups excluding carboxylic acids is 1. The van der Waals surface area contributed by atoms with Gasteiger partial charge in [0.25, 0.3) is 0 Å². The lowest BCUT2D eigenvalue weighted by Crippen LogP contribution is -2.23. The molecule has 23 heavy (non-hydrogen) atoms. The van der Waals surface area contributed by atoms with Gasteiger partial charge < -0.3 is 10.6 Å². The van der Waals surface area contributed by atoms with E-state index in [0.29, 0.717) is 11.4 Å². The lowest BCUT2D eigenvalue weighted by Gasteiger charge is -2.03. The zero-order chi connectivity index (χ0) is 16.6. The van der Waals surface area contributed by atoms with E-state index >= 15 is 0 Å². The molecule has 0 radical (unpaired) electrons. The van der Waals surface area contributed by atoms with E-state index in [1.165, 1.54) is 0 Å². The van der Waals surface area contributed by atoms with Crippen LogP contribution >= 0.6 is 0 Å². The summed E-state index contributed by atoms with van der Waals surface area (Å²) in [5.74, 6) is -1.56. The molecule has 0 bridgehead atoms. The van der Waals surface area contributed by atoms with E-state index in [-0.39, 0.29) is 17.0 Å². The van der Waals surface area contributed by atoms with Gasteiger partial charge in [-0.3, -0.25) is 0 Å². The third-order valence-electron chi connectivity index (χ3n) is 3.06. The summed E-state index contributed by atoms with van der Waals surface area (Å²) in [5, 5.41) is 11.4. The molecule has 0 amide bonds. The zero-order valence-electron chi connectivity index (χ0n) is 12.3. The Morgan fingerprint density at radius 3 is 3.00 bits per heavy atom. The minimum Gasteiger partial charge on any atom is -0.381 e. The first-order chi connectivity index (χ1) is 11.0. The Bertz CT molecular complexity index is 928. The van der Waals surface area contributed by atoms with Crippen LogP contribution in [0.5, 0.6) is 0 Å². The molecule has 10 heteroatoms. The van der Waals surface area contributed by atoms with Crippen molar-refractivity contribution >= 4 is 23.5 Å². The molecule has 0 fully saturated rings. The van der Waals surface area contributed by atoms with Gasteiger partial charge in [0.2, 0.25) is 0 Å². The molecule has 3 heterocycles. The van der Waals surface area contributed by atoms with Crippen LogP contribution < -0.4 is 10.6 Å². The monoisotopic (exact) mass is 317 g/mol. The van der Waals surface area contributed by atoms with Crippen LogP contribution in [0, 0.1) is 12.7 Å². The van der Waals surface area contributed by atoms with E-state index in [9.17, 15) is 9.18 Å². The fourth-order valence-corrected chi connectivity index (χ4v) is 1.97. The molecule has 0 aromatic carbocycles. The standard InChI is InChI=1S/C13H12FN7O2/c1-3-4-9-7(2)21(19-17-9)23-13(22)10-11(15)18-20-6-8(14)5-16-12(10)20/h3-6H,1-2H3,(H2,15,18)/b4-3-. The summed E-state index contributed by atoms with van der Waals surface area (Å²) in [5.41, 5.74) is 6.80. The highest BCUT2D eigenvalue weighted by Gasteiger charge is 2.23. The van der Waals surface area contributed by atoms with Crippen molar-refractivity contribution in [3.8, 4) is 0 Å². The van der Waals surface area contributed by atoms with Gasteiger partial charge >= 0.3 is 5.97 Å². The van der Waals surface area contributed by atoms with Crippen LogP contribution in [0.1, 0.15) is 28.7 Å². The number of anilines is 1. The summed E-state index contributed by atoms with van der Waals surface area (Å²) in [6, 6.07) is 0. The van der Waals surface area contributed by atoms with Gasteiger partial charge in [-0.05, 0) is 25.1 Å². The number of rotatable bonds is 3. The molecule has 0 unspecified atom stereocenters. The molecule has 0 saturated carbocycles. The average molecular weight is 317 g/mol. The van der Waals surface area contributed by atoms with Gasteiger partial charge in [0, 0.05) is 0 Å². The number of allylic oxidation sites excluding steroid dienone is 1. The van der Waals surface area contributed by atoms with Crippen molar-refractivity contribution in [3.63, 3.8) is 0 Å². The number of aromatic nitrogens is 6. The minimum atomic E-state index is -0.823. The fourth-order valence-electron chi connectivity index (χ4n) is 1.97. The SMILES string of the molecule is C/C=C\c1nnn(OC(=O)c2c(N)nn3cc(F)cnc23)c1C. The van der Waals surface area contributed by atoms with Gasteiger partial charge in [0.15, 0.2) is 22.8 Å². The zero-order valence-corrected chi connectivity index (χ0v) is 12.3. The smallest absolute Gasteiger partial charge is 0.373 e. The Morgan fingerprint density at radius 2 is 2.26 bits per heavy atom. The Morgan fingerprint density at radius 1 is 1.48 bits per heavy atom. The van der Waals surface area contributed by atoms with Gasteiger partial charge in [-0.1, -0.05) is 10.9 Å². The molecule has 3 aromatic heterocycles. The van der Waals surface area contributed by atoms with Gasteiger partial charge in [-0.25, -0.2) is 18.7 Å². The average Bonchev–Trinajstić information content (AvgIpc) is 3.00. The van der Waals surface area contributed by atoms with Crippen molar-refractivity contribution in [3.05, 3.63) is 41.2 Å².